The number of aliphatic hydroxyl groups excluding tert-OH is 1. The number of nitrogens with zero attached hydrogens (tertiary/aromatic N) is 6. The van der Waals surface area contributed by atoms with Crippen molar-refractivity contribution >= 4 is 34.5 Å². The summed E-state index contributed by atoms with van der Waals surface area (Å²) >= 11 is 0. The van der Waals surface area contributed by atoms with E-state index in [1.807, 2.05) is 144 Å². The van der Waals surface area contributed by atoms with Crippen LogP contribution in [-0.4, -0.2) is 105 Å². The number of nitrogens with one attached hydrogen (secondary N) is 1. The Morgan fingerprint density at radius 3 is 2.37 bits per heavy atom. The average Bonchev–Trinajstić information content (AvgIpc) is 4.20. The van der Waals surface area contributed by atoms with E-state index in [4.69, 9.17) is 18.9 Å². The molecule has 6 heterocycles. The Bertz CT molecular complexity index is 3240. The molecule has 6 atom stereocenters. The lowest BCUT2D eigenvalue weighted by atomic mass is 9.64. The minimum atomic E-state index is -1.75. The van der Waals surface area contributed by atoms with Gasteiger partial charge in [0.2, 0.25) is 18.6 Å². The topological polar surface area (TPSA) is 161 Å². The third-order valence-corrected chi connectivity index (χ3v) is 14.5. The number of ether oxygens (including phenoxy) is 4. The predicted molar refractivity (Wildman–Crippen MR) is 261 cm³/mol. The zero-order valence-electron chi connectivity index (χ0n) is 38.6. The fourth-order valence-electron chi connectivity index (χ4n) is 11.5. The number of carbonyl (C=O) groups excluding carboxylic acids is 3. The third-order valence-electron chi connectivity index (χ3n) is 14.5. The van der Waals surface area contributed by atoms with Gasteiger partial charge in [0.1, 0.15) is 42.0 Å². The fraction of sp³-hybridized carbons (Fsp3) is 0.268. The monoisotopic (exact) mass is 947 g/mol. The number of esters is 1. The molecule has 0 radical (unpaired) electrons. The molecule has 71 heavy (non-hydrogen) atoms. The van der Waals surface area contributed by atoms with Crippen molar-refractivity contribution in [3.05, 3.63) is 179 Å². The molecule has 6 aromatic carbocycles. The van der Waals surface area contributed by atoms with Gasteiger partial charge in [0.25, 0.3) is 0 Å². The van der Waals surface area contributed by atoms with Gasteiger partial charge in [-0.1, -0.05) is 114 Å². The minimum absolute atomic E-state index is 0.0283. The second-order valence-electron chi connectivity index (χ2n) is 18.4. The molecule has 3 fully saturated rings. The lowest BCUT2D eigenvalue weighted by Crippen LogP contribution is -2.58. The highest BCUT2D eigenvalue weighted by atomic mass is 16.7. The quantitative estimate of drug-likeness (QED) is 0.118. The van der Waals surface area contributed by atoms with Crippen LogP contribution in [0.3, 0.4) is 0 Å². The van der Waals surface area contributed by atoms with Crippen LogP contribution in [-0.2, 0) is 37.6 Å². The van der Waals surface area contributed by atoms with E-state index in [1.165, 1.54) is 0 Å². The summed E-state index contributed by atoms with van der Waals surface area (Å²) in [7, 11) is 0. The Morgan fingerprint density at radius 1 is 0.803 bits per heavy atom. The van der Waals surface area contributed by atoms with E-state index < -0.39 is 47.4 Å². The van der Waals surface area contributed by atoms with Crippen molar-refractivity contribution in [1.29, 1.82) is 0 Å². The molecule has 1 spiro atoms. The molecule has 1 aromatic heterocycles. The highest BCUT2D eigenvalue weighted by molar-refractivity contribution is 6.12. The van der Waals surface area contributed by atoms with Gasteiger partial charge in [-0.25, -0.2) is 4.68 Å². The van der Waals surface area contributed by atoms with Crippen molar-refractivity contribution < 1.29 is 38.4 Å². The molecule has 2 amide bonds. The van der Waals surface area contributed by atoms with Crippen LogP contribution in [0.25, 0.3) is 11.0 Å². The van der Waals surface area contributed by atoms with E-state index >= 15 is 14.4 Å². The molecular weight excluding hydrogens is 899 g/mol. The number of morpholine rings is 1. The summed E-state index contributed by atoms with van der Waals surface area (Å²) in [6, 6.07) is 43.1. The van der Waals surface area contributed by atoms with Crippen molar-refractivity contribution in [3.8, 4) is 29.1 Å². The number of para-hydroxylation sites is 2. The van der Waals surface area contributed by atoms with Gasteiger partial charge in [0.05, 0.1) is 30.1 Å². The fourth-order valence-corrected chi connectivity index (χ4v) is 11.5. The summed E-state index contributed by atoms with van der Waals surface area (Å²) < 4.78 is 26.0. The maximum absolute atomic E-state index is 16.2. The van der Waals surface area contributed by atoms with E-state index in [0.29, 0.717) is 72.4 Å². The van der Waals surface area contributed by atoms with Gasteiger partial charge < -0.3 is 34.3 Å². The molecule has 12 rings (SSSR count). The standard InChI is InChI=1S/C56H49N7O8/c64-30-31-68-45-20-10-7-17-40(45)52-56(41-32-36(21-23-42(41)57-55(56)67)12-11-25-62-44-19-9-8-18-43(44)58-59-62)48(53(65)61-28-26-60(27-29-61)34-37-22-24-46-47(33-37)70-35-69-46)50-54(66)71-51(39-15-5-2-6-16-39)49(63(50)52)38-13-3-1-4-14-38/h1-10,13-24,32-33,48-52,64H,25-31,34-35H2,(H,57,67)/t48-,49-,50-,51+,52+,56-/m1/s1. The Morgan fingerprint density at radius 2 is 1.55 bits per heavy atom. The third kappa shape index (κ3) is 7.62. The van der Waals surface area contributed by atoms with Crippen LogP contribution in [0.1, 0.15) is 51.6 Å². The van der Waals surface area contributed by atoms with E-state index in [-0.39, 0.29) is 32.5 Å². The minimum Gasteiger partial charge on any atom is -0.491 e. The zero-order valence-corrected chi connectivity index (χ0v) is 38.6. The number of rotatable bonds is 10. The van der Waals surface area contributed by atoms with Crippen LogP contribution in [0.15, 0.2) is 146 Å². The first kappa shape index (κ1) is 44.2. The first-order chi connectivity index (χ1) is 34.9. The lowest BCUT2D eigenvalue weighted by molar-refractivity contribution is -0.179. The summed E-state index contributed by atoms with van der Waals surface area (Å²) in [5.74, 6) is 5.75. The summed E-state index contributed by atoms with van der Waals surface area (Å²) in [6.45, 7) is 2.58. The van der Waals surface area contributed by atoms with E-state index in [1.54, 1.807) is 10.7 Å². The number of carbonyl (C=O) groups is 3. The van der Waals surface area contributed by atoms with Crippen LogP contribution >= 0.6 is 0 Å². The summed E-state index contributed by atoms with van der Waals surface area (Å²) in [5, 5.41) is 21.9. The van der Waals surface area contributed by atoms with Gasteiger partial charge in [-0.05, 0) is 70.8 Å². The number of piperazine rings is 1. The van der Waals surface area contributed by atoms with Crippen LogP contribution in [0, 0.1) is 17.8 Å². The van der Waals surface area contributed by atoms with E-state index in [9.17, 15) is 5.11 Å². The number of hydrogen-bond acceptors (Lipinski definition) is 12. The second kappa shape index (κ2) is 18.4. The first-order valence-corrected chi connectivity index (χ1v) is 23.9. The van der Waals surface area contributed by atoms with Gasteiger partial charge in [-0.2, -0.15) is 0 Å². The van der Waals surface area contributed by atoms with Crippen molar-refractivity contribution in [2.75, 3.05) is 51.5 Å². The van der Waals surface area contributed by atoms with Crippen LogP contribution in [0.2, 0.25) is 0 Å². The molecule has 2 N–H and O–H groups in total. The average molecular weight is 948 g/mol. The molecular formula is C56H49N7O8. The number of aliphatic hydroxyl groups is 1. The SMILES string of the molecule is O=C1O[C@@H](c2ccccc2)[C@@H](c2ccccc2)N2[C@@H](c3ccccc3OCCO)[C@]3(C(=O)Nc4ccc(C#CCn5nnc6ccccc65)cc43)[C@@H](C(=O)N3CCN(Cc4ccc5c(c4)OCO5)CC3)[C@H]12. The zero-order chi connectivity index (χ0) is 48.1. The first-order valence-electron chi connectivity index (χ1n) is 23.9. The molecule has 5 aliphatic heterocycles. The van der Waals surface area contributed by atoms with Crippen molar-refractivity contribution in [1.82, 2.24) is 29.7 Å². The summed E-state index contributed by atoms with van der Waals surface area (Å²) in [6.07, 6.45) is -0.838. The highest BCUT2D eigenvalue weighted by Gasteiger charge is 2.74. The highest BCUT2D eigenvalue weighted by Crippen LogP contribution is 2.66. The molecule has 0 aliphatic carbocycles. The molecule has 0 bridgehead atoms. The van der Waals surface area contributed by atoms with Gasteiger partial charge in [0.15, 0.2) is 11.5 Å². The van der Waals surface area contributed by atoms with Gasteiger partial charge in [0, 0.05) is 49.5 Å². The maximum atomic E-state index is 16.2. The Kier molecular flexibility index (Phi) is 11.4. The van der Waals surface area contributed by atoms with Crippen LogP contribution in [0.5, 0.6) is 17.2 Å². The number of hydrogen-bond donors (Lipinski definition) is 2. The number of amides is 2. The van der Waals surface area contributed by atoms with Gasteiger partial charge in [-0.15, -0.1) is 5.10 Å². The second-order valence-corrected chi connectivity index (χ2v) is 18.4. The molecule has 3 saturated heterocycles. The van der Waals surface area contributed by atoms with Crippen molar-refractivity contribution in [2.45, 2.75) is 42.7 Å². The number of cyclic esters (lactones) is 1. The lowest BCUT2D eigenvalue weighted by Gasteiger charge is -2.46. The molecule has 356 valence electrons. The summed E-state index contributed by atoms with van der Waals surface area (Å²) in [4.78, 5) is 53.8. The number of fused-ring (bicyclic) bond motifs is 5. The normalized spacial score (nSPS) is 23.5. The molecule has 0 unspecified atom stereocenters. The molecule has 15 nitrogen and oxygen atoms in total. The van der Waals surface area contributed by atoms with Gasteiger partial charge >= 0.3 is 5.97 Å². The Labute approximate surface area is 409 Å². The maximum Gasteiger partial charge on any atom is 0.324 e. The predicted octanol–water partition coefficient (Wildman–Crippen LogP) is 6.20. The van der Waals surface area contributed by atoms with Crippen LogP contribution < -0.4 is 19.5 Å². The molecule has 15 heteroatoms. The Balaban J connectivity index is 1.02. The number of anilines is 1. The Hall–Kier alpha value is -8.03. The number of benzene rings is 6. The number of aromatic nitrogens is 3. The van der Waals surface area contributed by atoms with Gasteiger partial charge in [-0.3, -0.25) is 24.2 Å². The van der Waals surface area contributed by atoms with Crippen LogP contribution in [0.4, 0.5) is 5.69 Å². The molecule has 7 aromatic rings. The van der Waals surface area contributed by atoms with E-state index in [2.05, 4.69) is 37.3 Å². The van der Waals surface area contributed by atoms with E-state index in [0.717, 1.165) is 27.7 Å². The summed E-state index contributed by atoms with van der Waals surface area (Å²) in [5.41, 5.74) is 4.72. The molecule has 0 saturated carbocycles. The molecule has 5 aliphatic rings. The largest absolute Gasteiger partial charge is 0.491 e. The smallest absolute Gasteiger partial charge is 0.324 e. The van der Waals surface area contributed by atoms with Crippen molar-refractivity contribution in [2.24, 2.45) is 5.92 Å². The van der Waals surface area contributed by atoms with Crippen molar-refractivity contribution in [3.63, 3.8) is 0 Å².